The lowest BCUT2D eigenvalue weighted by molar-refractivity contribution is -0.142. The van der Waals surface area contributed by atoms with Crippen molar-refractivity contribution >= 4 is 11.9 Å². The maximum atomic E-state index is 12.0. The number of aliphatic carboxylic acids is 1. The molecule has 0 saturated heterocycles. The van der Waals surface area contributed by atoms with E-state index in [9.17, 15) is 14.7 Å². The van der Waals surface area contributed by atoms with Crippen LogP contribution < -0.4 is 5.32 Å². The Labute approximate surface area is 125 Å². The van der Waals surface area contributed by atoms with E-state index in [1.54, 1.807) is 0 Å². The molecule has 4 nitrogen and oxygen atoms in total. The van der Waals surface area contributed by atoms with Crippen LogP contribution >= 0.6 is 0 Å². The summed E-state index contributed by atoms with van der Waals surface area (Å²) in [6, 6.07) is 4.66. The molecule has 1 unspecified atom stereocenters. The Hall–Kier alpha value is -1.84. The zero-order valence-electron chi connectivity index (χ0n) is 12.7. The molecule has 114 valence electrons. The number of rotatable bonds is 6. The Bertz CT molecular complexity index is 515. The lowest BCUT2D eigenvalue weighted by Gasteiger charge is -2.25. The second-order valence-corrected chi connectivity index (χ2v) is 6.10. The van der Waals surface area contributed by atoms with Crippen molar-refractivity contribution in [1.29, 1.82) is 0 Å². The number of carboxylic acid groups (broad SMARTS) is 1. The summed E-state index contributed by atoms with van der Waals surface area (Å²) in [5, 5.41) is 12.0. The van der Waals surface area contributed by atoms with Crippen molar-refractivity contribution < 1.29 is 14.7 Å². The van der Waals surface area contributed by atoms with Gasteiger partial charge in [0.15, 0.2) is 6.04 Å². The predicted molar refractivity (Wildman–Crippen MR) is 81.0 cm³/mol. The zero-order chi connectivity index (χ0) is 15.4. The van der Waals surface area contributed by atoms with E-state index < -0.39 is 12.0 Å². The number of carboxylic acids is 1. The fourth-order valence-corrected chi connectivity index (χ4v) is 2.81. The highest BCUT2D eigenvalue weighted by atomic mass is 16.4. The van der Waals surface area contributed by atoms with Gasteiger partial charge in [-0.15, -0.1) is 0 Å². The first kappa shape index (κ1) is 15.5. The van der Waals surface area contributed by atoms with Gasteiger partial charge in [-0.1, -0.05) is 48.6 Å². The van der Waals surface area contributed by atoms with Crippen molar-refractivity contribution in [2.75, 3.05) is 0 Å². The first-order valence-corrected chi connectivity index (χ1v) is 7.56. The fourth-order valence-electron chi connectivity index (χ4n) is 2.81. The van der Waals surface area contributed by atoms with E-state index >= 15 is 0 Å². The Morgan fingerprint density at radius 3 is 2.33 bits per heavy atom. The molecule has 1 aliphatic rings. The minimum Gasteiger partial charge on any atom is -0.479 e. The van der Waals surface area contributed by atoms with Gasteiger partial charge in [-0.25, -0.2) is 4.79 Å². The quantitative estimate of drug-likeness (QED) is 0.845. The van der Waals surface area contributed by atoms with Crippen molar-refractivity contribution in [3.8, 4) is 0 Å². The highest BCUT2D eigenvalue weighted by molar-refractivity contribution is 5.84. The van der Waals surface area contributed by atoms with Gasteiger partial charge >= 0.3 is 5.97 Å². The lowest BCUT2D eigenvalue weighted by atomic mass is 9.82. The van der Waals surface area contributed by atoms with E-state index in [-0.39, 0.29) is 5.91 Å². The predicted octanol–water partition coefficient (Wildman–Crippen LogP) is 3.13. The van der Waals surface area contributed by atoms with Crippen LogP contribution in [0.15, 0.2) is 18.2 Å². The summed E-state index contributed by atoms with van der Waals surface area (Å²) in [4.78, 5) is 23.4. The molecule has 1 aliphatic carbocycles. The molecule has 1 saturated carbocycles. The van der Waals surface area contributed by atoms with Gasteiger partial charge in [0, 0.05) is 6.42 Å². The molecule has 2 N–H and O–H groups in total. The monoisotopic (exact) mass is 289 g/mol. The molecule has 2 rings (SSSR count). The Morgan fingerprint density at radius 1 is 1.24 bits per heavy atom. The van der Waals surface area contributed by atoms with Crippen LogP contribution in [0.5, 0.6) is 0 Å². The summed E-state index contributed by atoms with van der Waals surface area (Å²) in [5.41, 5.74) is 2.64. The molecule has 1 aromatic rings. The third-order valence-electron chi connectivity index (χ3n) is 4.13. The number of aryl methyl sites for hydroxylation is 2. The summed E-state index contributed by atoms with van der Waals surface area (Å²) < 4.78 is 0. The Morgan fingerprint density at radius 2 is 1.86 bits per heavy atom. The minimum atomic E-state index is -1.02. The van der Waals surface area contributed by atoms with Gasteiger partial charge in [-0.2, -0.15) is 0 Å². The molecule has 1 aromatic carbocycles. The van der Waals surface area contributed by atoms with Crippen LogP contribution in [-0.4, -0.2) is 17.0 Å². The average Bonchev–Trinajstić information content (AvgIpc) is 2.32. The highest BCUT2D eigenvalue weighted by Crippen LogP contribution is 2.30. The van der Waals surface area contributed by atoms with Gasteiger partial charge < -0.3 is 10.4 Å². The number of benzene rings is 1. The number of nitrogens with one attached hydrogen (secondary N) is 1. The van der Waals surface area contributed by atoms with E-state index in [4.69, 9.17) is 0 Å². The molecule has 0 aliphatic heterocycles. The van der Waals surface area contributed by atoms with Crippen LogP contribution in [0, 0.1) is 19.8 Å². The van der Waals surface area contributed by atoms with Gasteiger partial charge in [0.2, 0.25) is 5.91 Å². The largest absolute Gasteiger partial charge is 0.479 e. The first-order valence-electron chi connectivity index (χ1n) is 7.56. The van der Waals surface area contributed by atoms with E-state index in [1.807, 2.05) is 32.0 Å². The van der Waals surface area contributed by atoms with E-state index in [0.717, 1.165) is 17.5 Å². The second-order valence-electron chi connectivity index (χ2n) is 6.10. The van der Waals surface area contributed by atoms with Crippen LogP contribution in [0.1, 0.15) is 54.8 Å². The molecule has 0 spiro atoms. The van der Waals surface area contributed by atoms with E-state index in [1.165, 1.54) is 19.3 Å². The van der Waals surface area contributed by atoms with Crippen LogP contribution in [0.3, 0.4) is 0 Å². The maximum absolute atomic E-state index is 12.0. The topological polar surface area (TPSA) is 66.4 Å². The minimum absolute atomic E-state index is 0.173. The first-order chi connectivity index (χ1) is 9.95. The molecule has 1 amide bonds. The summed E-state index contributed by atoms with van der Waals surface area (Å²) in [7, 11) is 0. The lowest BCUT2D eigenvalue weighted by Crippen LogP contribution is -2.34. The SMILES string of the molecule is Cc1cc(C)cc(C(NC(=O)CCC2CCC2)C(=O)O)c1. The van der Waals surface area contributed by atoms with E-state index in [0.29, 0.717) is 17.9 Å². The number of carbonyl (C=O) groups is 2. The van der Waals surface area contributed by atoms with Crippen molar-refractivity contribution in [2.45, 2.75) is 52.0 Å². The molecule has 1 fully saturated rings. The Balaban J connectivity index is 2.00. The summed E-state index contributed by atoms with van der Waals surface area (Å²) in [5.74, 6) is -0.536. The molecule has 0 radical (unpaired) electrons. The molecule has 4 heteroatoms. The third-order valence-corrected chi connectivity index (χ3v) is 4.13. The van der Waals surface area contributed by atoms with Crippen LogP contribution in [0.4, 0.5) is 0 Å². The number of hydrogen-bond acceptors (Lipinski definition) is 2. The molecular weight excluding hydrogens is 266 g/mol. The summed E-state index contributed by atoms with van der Waals surface area (Å²) in [6.45, 7) is 3.85. The molecular formula is C17H23NO3. The van der Waals surface area contributed by atoms with Crippen molar-refractivity contribution in [1.82, 2.24) is 5.32 Å². The summed E-state index contributed by atoms with van der Waals surface area (Å²) >= 11 is 0. The fraction of sp³-hybridized carbons (Fsp3) is 0.529. The summed E-state index contributed by atoms with van der Waals surface area (Å²) in [6.07, 6.45) is 4.94. The van der Waals surface area contributed by atoms with Gasteiger partial charge in [-0.3, -0.25) is 4.79 Å². The number of hydrogen-bond donors (Lipinski definition) is 2. The van der Waals surface area contributed by atoms with Crippen molar-refractivity contribution in [3.63, 3.8) is 0 Å². The molecule has 0 bridgehead atoms. The molecule has 21 heavy (non-hydrogen) atoms. The number of carbonyl (C=O) groups excluding carboxylic acids is 1. The smallest absolute Gasteiger partial charge is 0.330 e. The van der Waals surface area contributed by atoms with Crippen molar-refractivity contribution in [3.05, 3.63) is 34.9 Å². The van der Waals surface area contributed by atoms with Gasteiger partial charge in [-0.05, 0) is 31.7 Å². The van der Waals surface area contributed by atoms with Crippen LogP contribution in [0.25, 0.3) is 0 Å². The number of amides is 1. The third kappa shape index (κ3) is 4.31. The normalized spacial score (nSPS) is 16.1. The Kier molecular flexibility index (Phi) is 4.99. The van der Waals surface area contributed by atoms with Gasteiger partial charge in [0.25, 0.3) is 0 Å². The molecule has 0 heterocycles. The second kappa shape index (κ2) is 6.74. The van der Waals surface area contributed by atoms with Crippen molar-refractivity contribution in [2.24, 2.45) is 5.92 Å². The van der Waals surface area contributed by atoms with Crippen LogP contribution in [0.2, 0.25) is 0 Å². The maximum Gasteiger partial charge on any atom is 0.330 e. The average molecular weight is 289 g/mol. The van der Waals surface area contributed by atoms with Gasteiger partial charge in [0.1, 0.15) is 0 Å². The van der Waals surface area contributed by atoms with E-state index in [2.05, 4.69) is 5.32 Å². The van der Waals surface area contributed by atoms with Crippen LogP contribution in [-0.2, 0) is 9.59 Å². The highest BCUT2D eigenvalue weighted by Gasteiger charge is 2.24. The van der Waals surface area contributed by atoms with Gasteiger partial charge in [0.05, 0.1) is 0 Å². The molecule has 0 aromatic heterocycles. The molecule has 1 atom stereocenters. The zero-order valence-corrected chi connectivity index (χ0v) is 12.7. The standard InChI is InChI=1S/C17H23NO3/c1-11-8-12(2)10-14(9-11)16(17(20)21)18-15(19)7-6-13-4-3-5-13/h8-10,13,16H,3-7H2,1-2H3,(H,18,19)(H,20,21).